The van der Waals surface area contributed by atoms with Crippen molar-refractivity contribution < 1.29 is 28.6 Å². The topological polar surface area (TPSA) is 95.9 Å². The molecule has 1 fully saturated rings. The number of ether oxygens (including phenoxy) is 1. The Morgan fingerprint density at radius 3 is 2.88 bits per heavy atom. The predicted molar refractivity (Wildman–Crippen MR) is 92.2 cm³/mol. The first-order valence-electron chi connectivity index (χ1n) is 8.11. The molecule has 2 unspecified atom stereocenters. The van der Waals surface area contributed by atoms with Gasteiger partial charge in [0.05, 0.1) is 19.1 Å². The van der Waals surface area contributed by atoms with Crippen LogP contribution in [0.1, 0.15) is 12.0 Å². The van der Waals surface area contributed by atoms with Crippen molar-refractivity contribution in [2.24, 2.45) is 5.92 Å². The van der Waals surface area contributed by atoms with Gasteiger partial charge in [-0.1, -0.05) is 6.08 Å². The van der Waals surface area contributed by atoms with Gasteiger partial charge in [-0.2, -0.15) is 0 Å². The third kappa shape index (κ3) is 4.66. The van der Waals surface area contributed by atoms with Crippen LogP contribution in [-0.4, -0.2) is 48.7 Å². The smallest absolute Gasteiger partial charge is 0.328 e. The number of hydrogen-bond acceptors (Lipinski definition) is 4. The second-order valence-electron chi connectivity index (χ2n) is 6.06. The van der Waals surface area contributed by atoms with E-state index in [9.17, 15) is 18.8 Å². The van der Waals surface area contributed by atoms with Gasteiger partial charge in [0.2, 0.25) is 11.8 Å². The van der Waals surface area contributed by atoms with Crippen LogP contribution in [-0.2, 0) is 19.1 Å². The standard InChI is InChI=1S/C18H21FN2O5/c1-3-6-26-10-15(18(24)25)20-17(23)12-8-16(22)21(9-12)13-4-5-14(19)11(2)7-13/h3-5,7,12,15H,1,6,8-10H2,2H3,(H,20,23)(H,24,25). The van der Waals surface area contributed by atoms with Crippen molar-refractivity contribution >= 4 is 23.5 Å². The number of carbonyl (C=O) groups excluding carboxylic acids is 2. The van der Waals surface area contributed by atoms with Gasteiger partial charge in [0, 0.05) is 18.7 Å². The molecule has 1 aliphatic heterocycles. The first-order valence-corrected chi connectivity index (χ1v) is 8.11. The molecule has 0 aromatic heterocycles. The minimum Gasteiger partial charge on any atom is -0.480 e. The van der Waals surface area contributed by atoms with E-state index < -0.39 is 23.8 Å². The highest BCUT2D eigenvalue weighted by Crippen LogP contribution is 2.26. The van der Waals surface area contributed by atoms with Crippen LogP contribution in [0.2, 0.25) is 0 Å². The Bertz CT molecular complexity index is 722. The summed E-state index contributed by atoms with van der Waals surface area (Å²) in [5, 5.41) is 11.6. The van der Waals surface area contributed by atoms with Crippen molar-refractivity contribution in [2.45, 2.75) is 19.4 Å². The first kappa shape index (κ1) is 19.6. The maximum atomic E-state index is 13.4. The number of nitrogens with one attached hydrogen (secondary N) is 1. The van der Waals surface area contributed by atoms with E-state index in [-0.39, 0.29) is 37.9 Å². The van der Waals surface area contributed by atoms with E-state index in [1.165, 1.54) is 29.2 Å². The number of carboxylic acids is 1. The molecule has 1 saturated heterocycles. The fraction of sp³-hybridized carbons (Fsp3) is 0.389. The number of benzene rings is 1. The van der Waals surface area contributed by atoms with Gasteiger partial charge in [-0.3, -0.25) is 9.59 Å². The maximum Gasteiger partial charge on any atom is 0.328 e. The molecule has 2 amide bonds. The lowest BCUT2D eigenvalue weighted by Crippen LogP contribution is -2.46. The summed E-state index contributed by atoms with van der Waals surface area (Å²) >= 11 is 0. The molecule has 1 aliphatic rings. The van der Waals surface area contributed by atoms with Crippen LogP contribution in [0.4, 0.5) is 10.1 Å². The number of halogens is 1. The van der Waals surface area contributed by atoms with E-state index in [4.69, 9.17) is 9.84 Å². The van der Waals surface area contributed by atoms with Crippen LogP contribution in [0.25, 0.3) is 0 Å². The average molecular weight is 364 g/mol. The lowest BCUT2D eigenvalue weighted by Gasteiger charge is -2.19. The number of anilines is 1. The van der Waals surface area contributed by atoms with Gasteiger partial charge in [0.1, 0.15) is 5.82 Å². The lowest BCUT2D eigenvalue weighted by atomic mass is 10.1. The van der Waals surface area contributed by atoms with Crippen molar-refractivity contribution in [3.63, 3.8) is 0 Å². The number of aliphatic carboxylic acids is 1. The molecule has 1 heterocycles. The van der Waals surface area contributed by atoms with Crippen molar-refractivity contribution in [1.82, 2.24) is 5.32 Å². The normalized spacial score (nSPS) is 17.8. The number of rotatable bonds is 8. The van der Waals surface area contributed by atoms with Gasteiger partial charge < -0.3 is 20.1 Å². The van der Waals surface area contributed by atoms with E-state index in [0.717, 1.165) is 0 Å². The Kier molecular flexibility index (Phi) is 6.46. The zero-order valence-electron chi connectivity index (χ0n) is 14.4. The zero-order valence-corrected chi connectivity index (χ0v) is 14.4. The minimum absolute atomic E-state index is 0.0396. The predicted octanol–water partition coefficient (Wildman–Crippen LogP) is 1.26. The summed E-state index contributed by atoms with van der Waals surface area (Å²) in [4.78, 5) is 37.2. The SMILES string of the molecule is C=CCOCC(NC(=O)C1CC(=O)N(c2ccc(F)c(C)c2)C1)C(=O)O. The van der Waals surface area contributed by atoms with Crippen LogP contribution in [0.3, 0.4) is 0 Å². The third-order valence-corrected chi connectivity index (χ3v) is 4.08. The molecule has 2 atom stereocenters. The maximum absolute atomic E-state index is 13.4. The number of aryl methyl sites for hydroxylation is 1. The molecule has 1 aromatic rings. The number of nitrogens with zero attached hydrogens (tertiary/aromatic N) is 1. The molecule has 0 spiro atoms. The van der Waals surface area contributed by atoms with Gasteiger partial charge in [-0.15, -0.1) is 6.58 Å². The van der Waals surface area contributed by atoms with Gasteiger partial charge in [0.25, 0.3) is 0 Å². The lowest BCUT2D eigenvalue weighted by molar-refractivity contribution is -0.144. The van der Waals surface area contributed by atoms with Crippen molar-refractivity contribution in [3.8, 4) is 0 Å². The molecule has 0 aliphatic carbocycles. The summed E-state index contributed by atoms with van der Waals surface area (Å²) in [5.41, 5.74) is 0.904. The highest BCUT2D eigenvalue weighted by Gasteiger charge is 2.36. The van der Waals surface area contributed by atoms with Gasteiger partial charge in [0.15, 0.2) is 6.04 Å². The molecular formula is C18H21FN2O5. The zero-order chi connectivity index (χ0) is 19.3. The van der Waals surface area contributed by atoms with Crippen LogP contribution in [0.15, 0.2) is 30.9 Å². The number of amides is 2. The molecule has 7 nitrogen and oxygen atoms in total. The molecular weight excluding hydrogens is 343 g/mol. The number of hydrogen-bond donors (Lipinski definition) is 2. The second kappa shape index (κ2) is 8.57. The monoisotopic (exact) mass is 364 g/mol. The molecule has 0 saturated carbocycles. The third-order valence-electron chi connectivity index (χ3n) is 4.08. The highest BCUT2D eigenvalue weighted by molar-refractivity contribution is 6.00. The second-order valence-corrected chi connectivity index (χ2v) is 6.06. The summed E-state index contributed by atoms with van der Waals surface area (Å²) < 4.78 is 18.5. The quantitative estimate of drug-likeness (QED) is 0.535. The molecule has 8 heteroatoms. The van der Waals surface area contributed by atoms with E-state index >= 15 is 0 Å². The van der Waals surface area contributed by atoms with Crippen molar-refractivity contribution in [1.29, 1.82) is 0 Å². The van der Waals surface area contributed by atoms with Gasteiger partial charge in [-0.25, -0.2) is 9.18 Å². The summed E-state index contributed by atoms with van der Waals surface area (Å²) in [7, 11) is 0. The fourth-order valence-electron chi connectivity index (χ4n) is 2.66. The molecule has 2 rings (SSSR count). The highest BCUT2D eigenvalue weighted by atomic mass is 19.1. The Hall–Kier alpha value is -2.74. The average Bonchev–Trinajstić information content (AvgIpc) is 2.98. The van der Waals surface area contributed by atoms with E-state index in [2.05, 4.69) is 11.9 Å². The number of carboxylic acid groups (broad SMARTS) is 1. The fourth-order valence-corrected chi connectivity index (χ4v) is 2.66. The van der Waals surface area contributed by atoms with Crippen molar-refractivity contribution in [3.05, 3.63) is 42.2 Å². The van der Waals surface area contributed by atoms with Crippen LogP contribution < -0.4 is 10.2 Å². The Balaban J connectivity index is 2.01. The van der Waals surface area contributed by atoms with Crippen molar-refractivity contribution in [2.75, 3.05) is 24.7 Å². The molecule has 1 aromatic carbocycles. The molecule has 0 bridgehead atoms. The summed E-state index contributed by atoms with van der Waals surface area (Å²) in [6, 6.07) is 3.07. The van der Waals surface area contributed by atoms with Crippen LogP contribution >= 0.6 is 0 Å². The summed E-state index contributed by atoms with van der Waals surface area (Å²) in [6.07, 6.45) is 1.43. The molecule has 26 heavy (non-hydrogen) atoms. The Morgan fingerprint density at radius 2 is 2.27 bits per heavy atom. The molecule has 2 N–H and O–H groups in total. The Labute approximate surface area is 150 Å². The van der Waals surface area contributed by atoms with Crippen LogP contribution in [0, 0.1) is 18.7 Å². The van der Waals surface area contributed by atoms with Gasteiger partial charge >= 0.3 is 5.97 Å². The van der Waals surface area contributed by atoms with Gasteiger partial charge in [-0.05, 0) is 30.7 Å². The largest absolute Gasteiger partial charge is 0.480 e. The minimum atomic E-state index is -1.22. The number of carbonyl (C=O) groups is 3. The molecule has 140 valence electrons. The summed E-state index contributed by atoms with van der Waals surface area (Å²) in [6.45, 7) is 5.12. The van der Waals surface area contributed by atoms with Crippen LogP contribution in [0.5, 0.6) is 0 Å². The van der Waals surface area contributed by atoms with E-state index in [1.54, 1.807) is 6.92 Å². The Morgan fingerprint density at radius 1 is 1.54 bits per heavy atom. The first-order chi connectivity index (χ1) is 12.3. The summed E-state index contributed by atoms with van der Waals surface area (Å²) in [5.74, 6) is -3.09. The molecule has 0 radical (unpaired) electrons. The van der Waals surface area contributed by atoms with E-state index in [1.807, 2.05) is 0 Å². The van der Waals surface area contributed by atoms with E-state index in [0.29, 0.717) is 11.3 Å².